The predicted octanol–water partition coefficient (Wildman–Crippen LogP) is 7.95. The quantitative estimate of drug-likeness (QED) is 0.256. The third kappa shape index (κ3) is 1.87. The Morgan fingerprint density at radius 1 is 0.621 bits per heavy atom. The molecule has 0 saturated heterocycles. The maximum absolute atomic E-state index is 6.42. The van der Waals surface area contributed by atoms with Crippen LogP contribution in [0.5, 0.6) is 0 Å². The molecule has 0 bridgehead atoms. The van der Waals surface area contributed by atoms with Gasteiger partial charge in [0, 0.05) is 15.8 Å². The van der Waals surface area contributed by atoms with Gasteiger partial charge < -0.3 is 8.82 Å². The molecule has 0 N–H and O–H groups in total. The second-order valence-corrected chi connectivity index (χ2v) is 7.95. The standard InChI is InChI=1S/C26H14ClNO/c27-15-12-13-20-22(14-15)28-21-10-4-3-8-18(21)16-6-1-2-7-17(16)19-9-5-11-23-24(19)25(28)26(20)29-23/h1-14H. The van der Waals surface area contributed by atoms with E-state index in [1.165, 1.54) is 21.5 Å². The number of nitrogens with zero attached hydrogens (tertiary/aromatic N) is 1. The summed E-state index contributed by atoms with van der Waals surface area (Å²) in [5, 5.41) is 7.79. The lowest BCUT2D eigenvalue weighted by atomic mass is 10.0. The van der Waals surface area contributed by atoms with Gasteiger partial charge in [0.1, 0.15) is 11.1 Å². The van der Waals surface area contributed by atoms with Crippen molar-refractivity contribution in [1.82, 2.24) is 4.40 Å². The van der Waals surface area contributed by atoms with Crippen LogP contribution in [-0.4, -0.2) is 4.40 Å². The zero-order valence-corrected chi connectivity index (χ0v) is 16.1. The Labute approximate surface area is 170 Å². The zero-order valence-electron chi connectivity index (χ0n) is 15.3. The largest absolute Gasteiger partial charge is 0.454 e. The number of hydrogen-bond donors (Lipinski definition) is 0. The van der Waals surface area contributed by atoms with E-state index in [0.29, 0.717) is 0 Å². The molecule has 29 heavy (non-hydrogen) atoms. The molecule has 3 heterocycles. The Morgan fingerprint density at radius 2 is 1.34 bits per heavy atom. The summed E-state index contributed by atoms with van der Waals surface area (Å²) in [7, 11) is 0. The van der Waals surface area contributed by atoms with Crippen LogP contribution in [0.25, 0.3) is 60.0 Å². The van der Waals surface area contributed by atoms with Crippen molar-refractivity contribution in [3.63, 3.8) is 0 Å². The molecule has 7 rings (SSSR count). The van der Waals surface area contributed by atoms with E-state index in [0.717, 1.165) is 43.5 Å². The van der Waals surface area contributed by atoms with Crippen LogP contribution in [-0.2, 0) is 0 Å². The molecule has 0 spiro atoms. The number of para-hydroxylation sites is 1. The van der Waals surface area contributed by atoms with Crippen LogP contribution >= 0.6 is 11.6 Å². The van der Waals surface area contributed by atoms with E-state index >= 15 is 0 Å². The van der Waals surface area contributed by atoms with Crippen molar-refractivity contribution in [3.8, 4) is 0 Å². The maximum Gasteiger partial charge on any atom is 0.161 e. The normalized spacial score (nSPS) is 12.3. The van der Waals surface area contributed by atoms with Gasteiger partial charge in [0.2, 0.25) is 0 Å². The fourth-order valence-corrected chi connectivity index (χ4v) is 5.02. The first-order chi connectivity index (χ1) is 14.3. The third-order valence-corrected chi connectivity index (χ3v) is 6.25. The summed E-state index contributed by atoms with van der Waals surface area (Å²) in [5.41, 5.74) is 5.13. The van der Waals surface area contributed by atoms with Crippen molar-refractivity contribution < 1.29 is 4.42 Å². The number of benzene rings is 4. The van der Waals surface area contributed by atoms with E-state index in [1.54, 1.807) is 0 Å². The smallest absolute Gasteiger partial charge is 0.161 e. The molecule has 136 valence electrons. The molecular formula is C26H14ClNO. The fourth-order valence-electron chi connectivity index (χ4n) is 4.85. The van der Waals surface area contributed by atoms with Crippen LogP contribution in [0.4, 0.5) is 0 Å². The third-order valence-electron chi connectivity index (χ3n) is 6.01. The Kier molecular flexibility index (Phi) is 2.83. The van der Waals surface area contributed by atoms with E-state index in [2.05, 4.69) is 77.2 Å². The molecule has 0 unspecified atom stereocenters. The van der Waals surface area contributed by atoms with Gasteiger partial charge in [0.15, 0.2) is 5.58 Å². The second-order valence-electron chi connectivity index (χ2n) is 7.52. The van der Waals surface area contributed by atoms with Gasteiger partial charge in [-0.1, -0.05) is 66.2 Å². The van der Waals surface area contributed by atoms with Crippen LogP contribution in [0.15, 0.2) is 89.3 Å². The molecule has 2 nitrogen and oxygen atoms in total. The van der Waals surface area contributed by atoms with E-state index in [4.69, 9.17) is 16.0 Å². The molecule has 0 radical (unpaired) electrons. The van der Waals surface area contributed by atoms with Crippen molar-refractivity contribution in [1.29, 1.82) is 0 Å². The number of aromatic nitrogens is 1. The van der Waals surface area contributed by atoms with Gasteiger partial charge in [0.25, 0.3) is 0 Å². The summed E-state index contributed by atoms with van der Waals surface area (Å²) in [6.07, 6.45) is 0. The van der Waals surface area contributed by atoms with Crippen molar-refractivity contribution in [2.24, 2.45) is 0 Å². The van der Waals surface area contributed by atoms with Crippen molar-refractivity contribution in [2.75, 3.05) is 0 Å². The molecule has 0 amide bonds. The molecule has 0 aliphatic rings. The van der Waals surface area contributed by atoms with Gasteiger partial charge in [-0.15, -0.1) is 0 Å². The van der Waals surface area contributed by atoms with Crippen LogP contribution in [0.3, 0.4) is 0 Å². The van der Waals surface area contributed by atoms with Crippen molar-refractivity contribution in [2.45, 2.75) is 0 Å². The second kappa shape index (κ2) is 5.31. The van der Waals surface area contributed by atoms with Crippen molar-refractivity contribution in [3.05, 3.63) is 90.0 Å². The topological polar surface area (TPSA) is 17.6 Å². The minimum Gasteiger partial charge on any atom is -0.454 e. The van der Waals surface area contributed by atoms with Gasteiger partial charge in [-0.3, -0.25) is 0 Å². The van der Waals surface area contributed by atoms with Gasteiger partial charge in [-0.05, 0) is 46.5 Å². The Bertz CT molecular complexity index is 1770. The van der Waals surface area contributed by atoms with Crippen LogP contribution in [0, 0.1) is 0 Å². The summed E-state index contributed by atoms with van der Waals surface area (Å²) in [6.45, 7) is 0. The summed E-state index contributed by atoms with van der Waals surface area (Å²) in [4.78, 5) is 0. The molecule has 0 saturated carbocycles. The Morgan fingerprint density at radius 3 is 2.21 bits per heavy atom. The zero-order chi connectivity index (χ0) is 19.1. The first-order valence-electron chi connectivity index (χ1n) is 9.65. The lowest BCUT2D eigenvalue weighted by Gasteiger charge is -2.08. The van der Waals surface area contributed by atoms with Gasteiger partial charge in [0.05, 0.1) is 16.4 Å². The first kappa shape index (κ1) is 15.4. The fraction of sp³-hybridized carbons (Fsp3) is 0. The predicted molar refractivity (Wildman–Crippen MR) is 122 cm³/mol. The monoisotopic (exact) mass is 391 g/mol. The maximum atomic E-state index is 6.42. The number of halogens is 1. The van der Waals surface area contributed by atoms with Gasteiger partial charge >= 0.3 is 0 Å². The van der Waals surface area contributed by atoms with Gasteiger partial charge in [-0.25, -0.2) is 0 Å². The highest BCUT2D eigenvalue weighted by Crippen LogP contribution is 2.42. The molecule has 4 aromatic carbocycles. The highest BCUT2D eigenvalue weighted by atomic mass is 35.5. The van der Waals surface area contributed by atoms with Crippen LogP contribution in [0.2, 0.25) is 5.02 Å². The van der Waals surface area contributed by atoms with E-state index in [1.807, 2.05) is 12.1 Å². The lowest BCUT2D eigenvalue weighted by Crippen LogP contribution is -1.88. The summed E-state index contributed by atoms with van der Waals surface area (Å²) >= 11 is 6.41. The number of furan rings is 1. The molecule has 0 aliphatic carbocycles. The first-order valence-corrected chi connectivity index (χ1v) is 10.0. The van der Waals surface area contributed by atoms with Crippen LogP contribution < -0.4 is 0 Å². The number of fused-ring (bicyclic) bond motifs is 8. The molecule has 7 aromatic rings. The molecule has 0 aliphatic heterocycles. The molecule has 0 atom stereocenters. The Balaban J connectivity index is 2.02. The minimum atomic E-state index is 0.721. The molecular weight excluding hydrogens is 378 g/mol. The lowest BCUT2D eigenvalue weighted by molar-refractivity contribution is 0.673. The van der Waals surface area contributed by atoms with Crippen molar-refractivity contribution >= 4 is 71.6 Å². The average molecular weight is 392 g/mol. The van der Waals surface area contributed by atoms with Crippen LogP contribution in [0.1, 0.15) is 0 Å². The molecule has 3 aromatic heterocycles. The summed E-state index contributed by atoms with van der Waals surface area (Å²) in [5.74, 6) is 0. The SMILES string of the molecule is Clc1ccc2c3oc4cccc5c6ccccc6c6ccccc6n(c2c1)c3c45. The average Bonchev–Trinajstić information content (AvgIpc) is 3.26. The number of rotatable bonds is 0. The van der Waals surface area contributed by atoms with E-state index < -0.39 is 0 Å². The molecule has 3 heteroatoms. The highest BCUT2D eigenvalue weighted by Gasteiger charge is 2.20. The highest BCUT2D eigenvalue weighted by molar-refractivity contribution is 6.32. The number of hydrogen-bond acceptors (Lipinski definition) is 1. The van der Waals surface area contributed by atoms with Gasteiger partial charge in [-0.2, -0.15) is 0 Å². The minimum absolute atomic E-state index is 0.721. The summed E-state index contributed by atoms with van der Waals surface area (Å²) < 4.78 is 8.74. The van der Waals surface area contributed by atoms with E-state index in [-0.39, 0.29) is 0 Å². The summed E-state index contributed by atoms with van der Waals surface area (Å²) in [6, 6.07) is 29.5. The molecule has 0 fully saturated rings. The van der Waals surface area contributed by atoms with E-state index in [9.17, 15) is 0 Å². The Hall–Kier alpha value is -3.49.